The zero-order chi connectivity index (χ0) is 12.2. The Balaban J connectivity index is 2.92. The van der Waals surface area contributed by atoms with Crippen LogP contribution >= 0.6 is 0 Å². The molecule has 2 heteroatoms. The van der Waals surface area contributed by atoms with Crippen molar-refractivity contribution in [1.82, 2.24) is 0 Å². The molecular weight excluding hydrogens is 212 g/mol. The molecule has 0 aliphatic carbocycles. The summed E-state index contributed by atoms with van der Waals surface area (Å²) in [6.07, 6.45) is 2.11. The van der Waals surface area contributed by atoms with Crippen molar-refractivity contribution >= 4 is 8.32 Å². The maximum absolute atomic E-state index is 6.24. The number of rotatable bonds is 5. The van der Waals surface area contributed by atoms with Crippen LogP contribution in [-0.2, 0) is 4.43 Å². The van der Waals surface area contributed by atoms with Crippen LogP contribution in [0, 0.1) is 5.92 Å². The first-order valence-corrected chi connectivity index (χ1v) is 9.20. The van der Waals surface area contributed by atoms with E-state index in [1.807, 2.05) is 12.1 Å². The van der Waals surface area contributed by atoms with Crippen molar-refractivity contribution < 1.29 is 4.43 Å². The normalized spacial score (nSPS) is 15.5. The predicted octanol–water partition coefficient (Wildman–Crippen LogP) is 4.40. The third-order valence-electron chi connectivity index (χ3n) is 2.46. The summed E-state index contributed by atoms with van der Waals surface area (Å²) in [5.74, 6) is 0.342. The van der Waals surface area contributed by atoms with Crippen molar-refractivity contribution in [1.29, 1.82) is 0 Å². The summed E-state index contributed by atoms with van der Waals surface area (Å²) in [5, 5.41) is 0. The lowest BCUT2D eigenvalue weighted by Gasteiger charge is -2.29. The van der Waals surface area contributed by atoms with Crippen molar-refractivity contribution in [2.24, 2.45) is 5.92 Å². The molecule has 88 valence electrons. The molecule has 2 unspecified atom stereocenters. The van der Waals surface area contributed by atoms with E-state index in [1.165, 1.54) is 5.56 Å². The Bertz CT molecular complexity index is 326. The third kappa shape index (κ3) is 3.95. The minimum Gasteiger partial charge on any atom is -0.410 e. The van der Waals surface area contributed by atoms with Crippen molar-refractivity contribution in [2.45, 2.75) is 32.7 Å². The van der Waals surface area contributed by atoms with Gasteiger partial charge < -0.3 is 4.43 Å². The van der Waals surface area contributed by atoms with Gasteiger partial charge in [0, 0.05) is 5.92 Å². The zero-order valence-electron chi connectivity index (χ0n) is 10.7. The molecule has 1 nitrogen and oxygen atoms in total. The second kappa shape index (κ2) is 5.46. The van der Waals surface area contributed by atoms with Gasteiger partial charge in [-0.15, -0.1) is 6.58 Å². The molecule has 0 amide bonds. The fraction of sp³-hybridized carbons (Fsp3) is 0.429. The van der Waals surface area contributed by atoms with Crippen LogP contribution in [0.1, 0.15) is 18.6 Å². The zero-order valence-corrected chi connectivity index (χ0v) is 11.7. The van der Waals surface area contributed by atoms with Gasteiger partial charge in [0.1, 0.15) is 0 Å². The molecule has 0 N–H and O–H groups in total. The highest BCUT2D eigenvalue weighted by molar-refractivity contribution is 6.69. The van der Waals surface area contributed by atoms with E-state index < -0.39 is 8.32 Å². The predicted molar refractivity (Wildman–Crippen MR) is 73.0 cm³/mol. The second-order valence-electron chi connectivity index (χ2n) is 5.16. The average Bonchev–Trinajstić information content (AvgIpc) is 2.25. The fourth-order valence-electron chi connectivity index (χ4n) is 1.63. The molecule has 0 fully saturated rings. The van der Waals surface area contributed by atoms with Gasteiger partial charge in [-0.25, -0.2) is 0 Å². The molecule has 2 atom stereocenters. The highest BCUT2D eigenvalue weighted by atomic mass is 28.4. The van der Waals surface area contributed by atoms with Gasteiger partial charge in [0.05, 0.1) is 6.10 Å². The van der Waals surface area contributed by atoms with Gasteiger partial charge in [0.25, 0.3) is 0 Å². The summed E-state index contributed by atoms with van der Waals surface area (Å²) in [7, 11) is -1.53. The summed E-state index contributed by atoms with van der Waals surface area (Å²) in [5.41, 5.74) is 1.25. The van der Waals surface area contributed by atoms with Crippen LogP contribution in [0.25, 0.3) is 0 Å². The monoisotopic (exact) mass is 234 g/mol. The summed E-state index contributed by atoms with van der Waals surface area (Å²) in [4.78, 5) is 0. The Kier molecular flexibility index (Phi) is 4.51. The van der Waals surface area contributed by atoms with Gasteiger partial charge in [-0.3, -0.25) is 0 Å². The van der Waals surface area contributed by atoms with E-state index in [1.54, 1.807) is 0 Å². The Morgan fingerprint density at radius 3 is 2.19 bits per heavy atom. The van der Waals surface area contributed by atoms with Gasteiger partial charge >= 0.3 is 0 Å². The summed E-state index contributed by atoms with van der Waals surface area (Å²) < 4.78 is 6.24. The van der Waals surface area contributed by atoms with E-state index in [0.717, 1.165) is 0 Å². The van der Waals surface area contributed by atoms with Crippen LogP contribution < -0.4 is 0 Å². The van der Waals surface area contributed by atoms with Gasteiger partial charge in [-0.05, 0) is 25.2 Å². The first-order chi connectivity index (χ1) is 7.44. The molecule has 0 aromatic heterocycles. The van der Waals surface area contributed by atoms with E-state index in [-0.39, 0.29) is 6.10 Å². The standard InChI is InChI=1S/C14H22OSi/c1-6-12(2)14(15-16(3,4)5)13-10-8-7-9-11-13/h6-12,14H,1H2,2-5H3. The minimum absolute atomic E-state index is 0.144. The van der Waals surface area contributed by atoms with Crippen LogP contribution in [0.5, 0.6) is 0 Å². The van der Waals surface area contributed by atoms with Crippen molar-refractivity contribution in [3.05, 3.63) is 48.6 Å². The Morgan fingerprint density at radius 1 is 1.19 bits per heavy atom. The van der Waals surface area contributed by atoms with E-state index in [2.05, 4.69) is 57.4 Å². The number of hydrogen-bond donors (Lipinski definition) is 0. The summed E-state index contributed by atoms with van der Waals surface area (Å²) >= 11 is 0. The Hall–Kier alpha value is -0.863. The molecule has 0 saturated heterocycles. The highest BCUT2D eigenvalue weighted by Crippen LogP contribution is 2.29. The molecule has 0 saturated carbocycles. The Labute approximate surface area is 100 Å². The van der Waals surface area contributed by atoms with Gasteiger partial charge in [0.15, 0.2) is 8.32 Å². The lowest BCUT2D eigenvalue weighted by atomic mass is 9.98. The van der Waals surface area contributed by atoms with Gasteiger partial charge in [-0.2, -0.15) is 0 Å². The van der Waals surface area contributed by atoms with Crippen molar-refractivity contribution in [2.75, 3.05) is 0 Å². The molecule has 0 spiro atoms. The van der Waals surface area contributed by atoms with Crippen LogP contribution in [-0.4, -0.2) is 8.32 Å². The summed E-state index contributed by atoms with van der Waals surface area (Å²) in [6, 6.07) is 10.4. The largest absolute Gasteiger partial charge is 0.410 e. The van der Waals surface area contributed by atoms with Crippen molar-refractivity contribution in [3.63, 3.8) is 0 Å². The third-order valence-corrected chi connectivity index (χ3v) is 3.42. The molecular formula is C14H22OSi. The topological polar surface area (TPSA) is 9.23 Å². The van der Waals surface area contributed by atoms with Crippen molar-refractivity contribution in [3.8, 4) is 0 Å². The van der Waals surface area contributed by atoms with Gasteiger partial charge in [0.2, 0.25) is 0 Å². The van der Waals surface area contributed by atoms with E-state index in [4.69, 9.17) is 4.43 Å². The average molecular weight is 234 g/mol. The molecule has 1 aromatic rings. The second-order valence-corrected chi connectivity index (χ2v) is 9.62. The maximum Gasteiger partial charge on any atom is 0.184 e. The van der Waals surface area contributed by atoms with Crippen LogP contribution in [0.2, 0.25) is 19.6 Å². The highest BCUT2D eigenvalue weighted by Gasteiger charge is 2.25. The maximum atomic E-state index is 6.24. The molecule has 0 aliphatic rings. The quantitative estimate of drug-likeness (QED) is 0.542. The minimum atomic E-state index is -1.53. The molecule has 0 aliphatic heterocycles. The number of benzene rings is 1. The fourth-order valence-corrected chi connectivity index (χ4v) is 2.74. The first kappa shape index (κ1) is 13.2. The molecule has 0 heterocycles. The van der Waals surface area contributed by atoms with E-state index in [0.29, 0.717) is 5.92 Å². The van der Waals surface area contributed by atoms with Crippen LogP contribution in [0.15, 0.2) is 43.0 Å². The van der Waals surface area contributed by atoms with E-state index >= 15 is 0 Å². The van der Waals surface area contributed by atoms with Crippen LogP contribution in [0.3, 0.4) is 0 Å². The molecule has 1 aromatic carbocycles. The first-order valence-electron chi connectivity index (χ1n) is 5.79. The van der Waals surface area contributed by atoms with Crippen LogP contribution in [0.4, 0.5) is 0 Å². The lowest BCUT2D eigenvalue weighted by molar-refractivity contribution is 0.159. The van der Waals surface area contributed by atoms with Gasteiger partial charge in [-0.1, -0.05) is 43.3 Å². The Morgan fingerprint density at radius 2 is 1.75 bits per heavy atom. The molecule has 16 heavy (non-hydrogen) atoms. The SMILES string of the molecule is C=CC(C)C(O[Si](C)(C)C)c1ccccc1. The summed E-state index contributed by atoms with van der Waals surface area (Å²) in [6.45, 7) is 12.7. The molecule has 0 radical (unpaired) electrons. The van der Waals surface area contributed by atoms with E-state index in [9.17, 15) is 0 Å². The molecule has 0 bridgehead atoms. The smallest absolute Gasteiger partial charge is 0.184 e. The lowest BCUT2D eigenvalue weighted by Crippen LogP contribution is -2.30. The molecule has 1 rings (SSSR count). The number of hydrogen-bond acceptors (Lipinski definition) is 1.